The van der Waals surface area contributed by atoms with Gasteiger partial charge < -0.3 is 10.6 Å². The Morgan fingerprint density at radius 2 is 1.65 bits per heavy atom. The van der Waals surface area contributed by atoms with Crippen molar-refractivity contribution in [2.24, 2.45) is 0 Å². The fourth-order valence-electron chi connectivity index (χ4n) is 4.31. The number of halogens is 3. The highest BCUT2D eigenvalue weighted by molar-refractivity contribution is 9.11. The van der Waals surface area contributed by atoms with Crippen LogP contribution < -0.4 is 15.5 Å². The summed E-state index contributed by atoms with van der Waals surface area (Å²) < 4.78 is 15.8. The van der Waals surface area contributed by atoms with E-state index in [4.69, 9.17) is 0 Å². The lowest BCUT2D eigenvalue weighted by molar-refractivity contribution is -0.121. The van der Waals surface area contributed by atoms with Gasteiger partial charge in [-0.15, -0.1) is 11.8 Å². The minimum atomic E-state index is -0.673. The number of carbonyl (C=O) groups is 4. The van der Waals surface area contributed by atoms with Gasteiger partial charge in [0.1, 0.15) is 11.5 Å². The van der Waals surface area contributed by atoms with Crippen molar-refractivity contribution >= 4 is 84.7 Å². The molecule has 11 heteroatoms. The van der Waals surface area contributed by atoms with E-state index in [9.17, 15) is 23.6 Å². The molecule has 0 radical (unpaired) electrons. The third kappa shape index (κ3) is 7.30. The molecule has 1 saturated heterocycles. The van der Waals surface area contributed by atoms with Gasteiger partial charge in [-0.05, 0) is 76.6 Å². The molecule has 4 aromatic rings. The van der Waals surface area contributed by atoms with Crippen molar-refractivity contribution in [3.63, 3.8) is 0 Å². The van der Waals surface area contributed by atoms with E-state index in [1.54, 1.807) is 78.9 Å². The first kappa shape index (κ1) is 30.4. The monoisotopic (exact) mass is 721 g/mol. The maximum atomic E-state index is 14.4. The summed E-state index contributed by atoms with van der Waals surface area (Å²) in [5.41, 5.74) is 1.14. The zero-order valence-corrected chi connectivity index (χ0v) is 26.2. The predicted octanol–water partition coefficient (Wildman–Crippen LogP) is 7.18. The number of amides is 4. The molecule has 1 atom stereocenters. The van der Waals surface area contributed by atoms with Crippen molar-refractivity contribution in [2.45, 2.75) is 16.6 Å². The summed E-state index contributed by atoms with van der Waals surface area (Å²) >= 11 is 8.00. The first-order chi connectivity index (χ1) is 20.7. The van der Waals surface area contributed by atoms with E-state index in [1.165, 1.54) is 40.9 Å². The van der Waals surface area contributed by atoms with Gasteiger partial charge in [-0.3, -0.25) is 19.2 Å². The Labute approximate surface area is 267 Å². The van der Waals surface area contributed by atoms with Gasteiger partial charge in [0.15, 0.2) is 0 Å². The smallest absolute Gasteiger partial charge is 0.272 e. The number of carbonyl (C=O) groups excluding carboxylic acids is 4. The highest BCUT2D eigenvalue weighted by Crippen LogP contribution is 2.38. The number of anilines is 2. The molecule has 0 aliphatic carbocycles. The number of nitrogens with zero attached hydrogens (tertiary/aromatic N) is 1. The van der Waals surface area contributed by atoms with E-state index in [1.807, 2.05) is 0 Å². The van der Waals surface area contributed by atoms with E-state index < -0.39 is 22.9 Å². The molecular weight excluding hydrogens is 701 g/mol. The van der Waals surface area contributed by atoms with Crippen LogP contribution in [0.2, 0.25) is 0 Å². The molecule has 7 nitrogen and oxygen atoms in total. The fourth-order valence-corrected chi connectivity index (χ4v) is 6.65. The van der Waals surface area contributed by atoms with Gasteiger partial charge in [0, 0.05) is 37.1 Å². The quantitative estimate of drug-likeness (QED) is 0.148. The second-order valence-electron chi connectivity index (χ2n) is 9.36. The molecule has 1 aliphatic heterocycles. The van der Waals surface area contributed by atoms with Gasteiger partial charge >= 0.3 is 0 Å². The number of benzene rings is 4. The maximum Gasteiger partial charge on any atom is 0.272 e. The third-order valence-corrected chi connectivity index (χ3v) is 8.67. The summed E-state index contributed by atoms with van der Waals surface area (Å²) in [4.78, 5) is 54.1. The minimum Gasteiger partial charge on any atom is -0.321 e. The lowest BCUT2D eigenvalue weighted by Gasteiger charge is -2.17. The van der Waals surface area contributed by atoms with Crippen LogP contribution in [0, 0.1) is 5.82 Å². The van der Waals surface area contributed by atoms with Crippen LogP contribution in [0.3, 0.4) is 0 Å². The van der Waals surface area contributed by atoms with Crippen molar-refractivity contribution in [3.05, 3.63) is 129 Å². The molecule has 4 aromatic carbocycles. The number of rotatable bonds is 8. The summed E-state index contributed by atoms with van der Waals surface area (Å²) in [5.74, 6) is -2.42. The Hall–Kier alpha value is -4.06. The van der Waals surface area contributed by atoms with Crippen LogP contribution >= 0.6 is 43.6 Å². The Kier molecular flexibility index (Phi) is 9.54. The van der Waals surface area contributed by atoms with Crippen molar-refractivity contribution in [1.29, 1.82) is 0 Å². The van der Waals surface area contributed by atoms with Crippen molar-refractivity contribution < 1.29 is 23.6 Å². The van der Waals surface area contributed by atoms with Gasteiger partial charge in [-0.25, -0.2) is 9.29 Å². The molecule has 0 bridgehead atoms. The topological polar surface area (TPSA) is 95.6 Å². The molecule has 2 N–H and O–H groups in total. The van der Waals surface area contributed by atoms with Crippen LogP contribution in [0.25, 0.3) is 6.08 Å². The molecular formula is C32H22Br2FN3O4S. The number of thioether (sulfide) groups is 1. The summed E-state index contributed by atoms with van der Waals surface area (Å²) in [5, 5.41) is 4.67. The zero-order valence-electron chi connectivity index (χ0n) is 22.2. The average molecular weight is 723 g/mol. The molecule has 0 saturated carbocycles. The average Bonchev–Trinajstić information content (AvgIpc) is 3.26. The minimum absolute atomic E-state index is 0.0175. The number of hydrogen-bond acceptors (Lipinski definition) is 5. The third-order valence-electron chi connectivity index (χ3n) is 6.36. The van der Waals surface area contributed by atoms with Gasteiger partial charge in [0.05, 0.1) is 10.9 Å². The SMILES string of the molecule is O=C(Nc1cccc(S[C@H]2CC(=O)N(c3ccc(Br)cc3Br)C2=O)c1)/C(=C/c1ccccc1F)NC(=O)c1ccccc1. The molecule has 1 heterocycles. The van der Waals surface area contributed by atoms with Gasteiger partial charge in [-0.2, -0.15) is 0 Å². The van der Waals surface area contributed by atoms with Gasteiger partial charge in [0.2, 0.25) is 11.8 Å². The van der Waals surface area contributed by atoms with Crippen LogP contribution in [0.1, 0.15) is 22.3 Å². The Bertz CT molecular complexity index is 1770. The largest absolute Gasteiger partial charge is 0.321 e. The van der Waals surface area contributed by atoms with E-state index in [-0.39, 0.29) is 29.5 Å². The van der Waals surface area contributed by atoms with Gasteiger partial charge in [-0.1, -0.05) is 58.4 Å². The molecule has 5 rings (SSSR count). The second kappa shape index (κ2) is 13.5. The summed E-state index contributed by atoms with van der Waals surface area (Å²) in [6.07, 6.45) is 1.28. The Morgan fingerprint density at radius 1 is 0.907 bits per heavy atom. The second-order valence-corrected chi connectivity index (χ2v) is 12.4. The van der Waals surface area contributed by atoms with E-state index >= 15 is 0 Å². The highest BCUT2D eigenvalue weighted by atomic mass is 79.9. The van der Waals surface area contributed by atoms with E-state index in [0.29, 0.717) is 26.3 Å². The van der Waals surface area contributed by atoms with Gasteiger partial charge in [0.25, 0.3) is 11.8 Å². The standard InChI is InChI=1S/C32H22Br2FN3O4S/c33-21-13-14-27(24(34)16-21)38-29(39)18-28(32(38)42)43-23-11-6-10-22(17-23)36-31(41)26(15-20-9-4-5-12-25(20)35)37-30(40)19-7-2-1-3-8-19/h1-17,28H,18H2,(H,36,41)(H,37,40)/b26-15-/t28-/m0/s1. The predicted molar refractivity (Wildman–Crippen MR) is 172 cm³/mol. The summed E-state index contributed by atoms with van der Waals surface area (Å²) in [7, 11) is 0. The van der Waals surface area contributed by atoms with Crippen LogP contribution in [0.15, 0.2) is 117 Å². The first-order valence-electron chi connectivity index (χ1n) is 12.9. The molecule has 0 aromatic heterocycles. The normalized spacial score (nSPS) is 15.0. The maximum absolute atomic E-state index is 14.4. The number of nitrogens with one attached hydrogen (secondary N) is 2. The molecule has 0 unspecified atom stereocenters. The van der Waals surface area contributed by atoms with E-state index in [2.05, 4.69) is 42.5 Å². The lowest BCUT2D eigenvalue weighted by atomic mass is 10.1. The lowest BCUT2D eigenvalue weighted by Crippen LogP contribution is -2.31. The molecule has 1 aliphatic rings. The summed E-state index contributed by atoms with van der Waals surface area (Å²) in [6.45, 7) is 0. The van der Waals surface area contributed by atoms with Crippen LogP contribution in [0.5, 0.6) is 0 Å². The van der Waals surface area contributed by atoms with Crippen LogP contribution in [-0.4, -0.2) is 28.9 Å². The summed E-state index contributed by atoms with van der Waals surface area (Å²) in [6, 6.07) is 26.2. The van der Waals surface area contributed by atoms with Crippen molar-refractivity contribution in [2.75, 3.05) is 10.2 Å². The molecule has 1 fully saturated rings. The molecule has 43 heavy (non-hydrogen) atoms. The Morgan fingerprint density at radius 3 is 2.40 bits per heavy atom. The van der Waals surface area contributed by atoms with Crippen LogP contribution in [0.4, 0.5) is 15.8 Å². The highest BCUT2D eigenvalue weighted by Gasteiger charge is 2.41. The molecule has 4 amide bonds. The zero-order chi connectivity index (χ0) is 30.5. The van der Waals surface area contributed by atoms with Crippen molar-refractivity contribution in [1.82, 2.24) is 5.32 Å². The van der Waals surface area contributed by atoms with Crippen LogP contribution in [-0.2, 0) is 14.4 Å². The van der Waals surface area contributed by atoms with Crippen molar-refractivity contribution in [3.8, 4) is 0 Å². The molecule has 0 spiro atoms. The Balaban J connectivity index is 1.34. The van der Waals surface area contributed by atoms with E-state index in [0.717, 1.165) is 4.47 Å². The number of hydrogen-bond donors (Lipinski definition) is 2. The fraction of sp³-hybridized carbons (Fsp3) is 0.0625. The molecule has 216 valence electrons. The number of imide groups is 1. The first-order valence-corrected chi connectivity index (χ1v) is 15.4.